The maximum atomic E-state index is 11.2. The van der Waals surface area contributed by atoms with Crippen molar-refractivity contribution in [3.8, 4) is 0 Å². The summed E-state index contributed by atoms with van der Waals surface area (Å²) in [7, 11) is 0. The highest BCUT2D eigenvalue weighted by molar-refractivity contribution is 8.13. The summed E-state index contributed by atoms with van der Waals surface area (Å²) < 4.78 is 0. The fraction of sp³-hybridized carbons (Fsp3) is 0.222. The van der Waals surface area contributed by atoms with Crippen molar-refractivity contribution in [1.82, 2.24) is 0 Å². The van der Waals surface area contributed by atoms with Gasteiger partial charge in [-0.3, -0.25) is 4.79 Å². The van der Waals surface area contributed by atoms with Gasteiger partial charge in [0.2, 0.25) is 5.12 Å². The number of thioether (sulfide) groups is 1. The zero-order valence-corrected chi connectivity index (χ0v) is 7.44. The summed E-state index contributed by atoms with van der Waals surface area (Å²) in [6.45, 7) is 1.95. The van der Waals surface area contributed by atoms with Crippen molar-refractivity contribution in [3.05, 3.63) is 35.4 Å². The summed E-state index contributed by atoms with van der Waals surface area (Å²) in [6.07, 6.45) is 1.80. The van der Waals surface area contributed by atoms with E-state index >= 15 is 0 Å². The van der Waals surface area contributed by atoms with Gasteiger partial charge in [0, 0.05) is 5.56 Å². The Kier molecular flexibility index (Phi) is 2.71. The minimum Gasteiger partial charge on any atom is -0.282 e. The zero-order chi connectivity index (χ0) is 8.27. The van der Waals surface area contributed by atoms with Crippen LogP contribution in [0, 0.1) is 6.92 Å². The molecule has 0 aliphatic rings. The smallest absolute Gasteiger partial charge is 0.219 e. The molecular weight excluding hydrogens is 156 g/mol. The molecule has 0 heterocycles. The molecule has 2 heteroatoms. The van der Waals surface area contributed by atoms with E-state index < -0.39 is 0 Å². The van der Waals surface area contributed by atoms with E-state index in [1.165, 1.54) is 11.8 Å². The van der Waals surface area contributed by atoms with Crippen LogP contribution in [0.25, 0.3) is 0 Å². The van der Waals surface area contributed by atoms with Gasteiger partial charge >= 0.3 is 0 Å². The first kappa shape index (κ1) is 8.34. The molecule has 0 radical (unpaired) electrons. The monoisotopic (exact) mass is 166 g/mol. The molecule has 0 spiro atoms. The molecule has 0 aliphatic carbocycles. The highest BCUT2D eigenvalue weighted by atomic mass is 32.2. The van der Waals surface area contributed by atoms with Crippen molar-refractivity contribution in [3.63, 3.8) is 0 Å². The van der Waals surface area contributed by atoms with Crippen molar-refractivity contribution in [2.75, 3.05) is 6.26 Å². The van der Waals surface area contributed by atoms with E-state index in [1.54, 1.807) is 6.26 Å². The largest absolute Gasteiger partial charge is 0.282 e. The molecule has 11 heavy (non-hydrogen) atoms. The Morgan fingerprint density at radius 1 is 1.36 bits per heavy atom. The van der Waals surface area contributed by atoms with Gasteiger partial charge in [-0.25, -0.2) is 0 Å². The molecule has 1 rings (SSSR count). The minimum atomic E-state index is 0.142. The lowest BCUT2D eigenvalue weighted by Crippen LogP contribution is -1.94. The first-order valence-electron chi connectivity index (χ1n) is 3.39. The number of aryl methyl sites for hydroxylation is 1. The second kappa shape index (κ2) is 3.58. The maximum absolute atomic E-state index is 11.2. The molecule has 0 amide bonds. The zero-order valence-electron chi connectivity index (χ0n) is 6.63. The van der Waals surface area contributed by atoms with Crippen LogP contribution in [0.5, 0.6) is 0 Å². The fourth-order valence-corrected chi connectivity index (χ4v) is 1.36. The van der Waals surface area contributed by atoms with Gasteiger partial charge < -0.3 is 0 Å². The number of hydrogen-bond donors (Lipinski definition) is 0. The lowest BCUT2D eigenvalue weighted by Gasteiger charge is -1.99. The fourth-order valence-electron chi connectivity index (χ4n) is 0.912. The molecule has 1 nitrogen and oxygen atoms in total. The van der Waals surface area contributed by atoms with Crippen molar-refractivity contribution in [2.45, 2.75) is 6.92 Å². The third-order valence-corrected chi connectivity index (χ3v) is 2.14. The lowest BCUT2D eigenvalue weighted by molar-refractivity contribution is 0.108. The number of carbonyl (C=O) groups excluding carboxylic acids is 1. The molecule has 0 saturated carbocycles. The Hall–Kier alpha value is -0.760. The van der Waals surface area contributed by atoms with E-state index in [2.05, 4.69) is 0 Å². The molecule has 58 valence electrons. The van der Waals surface area contributed by atoms with Crippen LogP contribution in [0.3, 0.4) is 0 Å². The third kappa shape index (κ3) is 1.84. The van der Waals surface area contributed by atoms with Gasteiger partial charge in [0.15, 0.2) is 0 Å². The highest BCUT2D eigenvalue weighted by Gasteiger charge is 2.04. The second-order valence-corrected chi connectivity index (χ2v) is 3.09. The average Bonchev–Trinajstić information content (AvgIpc) is 2.04. The van der Waals surface area contributed by atoms with E-state index in [4.69, 9.17) is 0 Å². The molecule has 0 fully saturated rings. The molecule has 0 N–H and O–H groups in total. The molecule has 1 aromatic rings. The highest BCUT2D eigenvalue weighted by Crippen LogP contribution is 2.13. The van der Waals surface area contributed by atoms with E-state index in [9.17, 15) is 4.79 Å². The van der Waals surface area contributed by atoms with Gasteiger partial charge in [0.25, 0.3) is 0 Å². The predicted octanol–water partition coefficient (Wildman–Crippen LogP) is 2.50. The van der Waals surface area contributed by atoms with Crippen molar-refractivity contribution in [2.24, 2.45) is 0 Å². The quantitative estimate of drug-likeness (QED) is 0.637. The van der Waals surface area contributed by atoms with Crippen LogP contribution in [0.4, 0.5) is 0 Å². The molecule has 0 saturated heterocycles. The van der Waals surface area contributed by atoms with Gasteiger partial charge in [-0.05, 0) is 18.7 Å². The summed E-state index contributed by atoms with van der Waals surface area (Å²) in [5.74, 6) is 0. The second-order valence-electron chi connectivity index (χ2n) is 2.31. The van der Waals surface area contributed by atoms with Gasteiger partial charge in [-0.2, -0.15) is 0 Å². The molecule has 0 bridgehead atoms. The Morgan fingerprint density at radius 3 is 2.55 bits per heavy atom. The average molecular weight is 166 g/mol. The maximum Gasteiger partial charge on any atom is 0.219 e. The van der Waals surface area contributed by atoms with E-state index in [0.29, 0.717) is 0 Å². The predicted molar refractivity (Wildman–Crippen MR) is 49.0 cm³/mol. The Labute approximate surface area is 70.8 Å². The summed E-state index contributed by atoms with van der Waals surface area (Å²) in [5, 5.41) is 0.142. The van der Waals surface area contributed by atoms with Crippen molar-refractivity contribution < 1.29 is 4.79 Å². The number of carbonyl (C=O) groups is 1. The number of rotatable bonds is 1. The molecule has 0 atom stereocenters. The van der Waals surface area contributed by atoms with Crippen LogP contribution in [-0.2, 0) is 0 Å². The normalized spacial score (nSPS) is 9.64. The van der Waals surface area contributed by atoms with Gasteiger partial charge in [-0.15, -0.1) is 0 Å². The number of benzene rings is 1. The third-order valence-electron chi connectivity index (χ3n) is 1.55. The van der Waals surface area contributed by atoms with Crippen LogP contribution in [-0.4, -0.2) is 11.4 Å². The van der Waals surface area contributed by atoms with Crippen LogP contribution in [0.15, 0.2) is 24.3 Å². The lowest BCUT2D eigenvalue weighted by atomic mass is 10.1. The van der Waals surface area contributed by atoms with Crippen molar-refractivity contribution >= 4 is 16.9 Å². The summed E-state index contributed by atoms with van der Waals surface area (Å²) in [5.41, 5.74) is 1.87. The molecular formula is C9H10OS. The Balaban J connectivity index is 3.03. The van der Waals surface area contributed by atoms with Gasteiger partial charge in [0.05, 0.1) is 0 Å². The number of hydrogen-bond acceptors (Lipinski definition) is 2. The molecule has 1 aromatic carbocycles. The van der Waals surface area contributed by atoms with Crippen LogP contribution < -0.4 is 0 Å². The summed E-state index contributed by atoms with van der Waals surface area (Å²) >= 11 is 1.25. The van der Waals surface area contributed by atoms with E-state index in [0.717, 1.165) is 11.1 Å². The molecule has 0 aromatic heterocycles. The standard InChI is InChI=1S/C9H10OS/c1-7-5-3-4-6-8(7)9(10)11-2/h3-6H,1-2H3. The minimum absolute atomic E-state index is 0.142. The summed E-state index contributed by atoms with van der Waals surface area (Å²) in [6, 6.07) is 7.63. The Morgan fingerprint density at radius 2 is 2.00 bits per heavy atom. The van der Waals surface area contributed by atoms with E-state index in [1.807, 2.05) is 31.2 Å². The first-order chi connectivity index (χ1) is 5.25. The van der Waals surface area contributed by atoms with Crippen LogP contribution >= 0.6 is 11.8 Å². The SMILES string of the molecule is CSC(=O)c1ccccc1C. The Bertz CT molecular complexity index is 268. The van der Waals surface area contributed by atoms with Crippen LogP contribution in [0.2, 0.25) is 0 Å². The van der Waals surface area contributed by atoms with Crippen LogP contribution in [0.1, 0.15) is 15.9 Å². The van der Waals surface area contributed by atoms with Crippen molar-refractivity contribution in [1.29, 1.82) is 0 Å². The molecule has 0 unspecified atom stereocenters. The van der Waals surface area contributed by atoms with Gasteiger partial charge in [0.1, 0.15) is 0 Å². The van der Waals surface area contributed by atoms with Gasteiger partial charge in [-0.1, -0.05) is 36.0 Å². The summed E-state index contributed by atoms with van der Waals surface area (Å²) in [4.78, 5) is 11.2. The first-order valence-corrected chi connectivity index (χ1v) is 4.62. The molecule has 0 aliphatic heterocycles. The topological polar surface area (TPSA) is 17.1 Å². The van der Waals surface area contributed by atoms with E-state index in [-0.39, 0.29) is 5.12 Å².